The molecule has 0 aromatic heterocycles. The summed E-state index contributed by atoms with van der Waals surface area (Å²) in [5.41, 5.74) is 5.06. The topological polar surface area (TPSA) is 72.5 Å². The monoisotopic (exact) mass is 169 g/mol. The zero-order chi connectivity index (χ0) is 7.28. The Morgan fingerprint density at radius 2 is 2.30 bits per heavy atom. The van der Waals surface area contributed by atoms with E-state index in [-0.39, 0.29) is 12.4 Å². The molecule has 0 heterocycles. The lowest BCUT2D eigenvalue weighted by atomic mass is 10.4. The highest BCUT2D eigenvalue weighted by atomic mass is 35.5. The Hall–Kier alpha value is -0.320. The molecule has 3 N–H and O–H groups in total. The third-order valence-electron chi connectivity index (χ3n) is 0.833. The molecule has 0 saturated carbocycles. The molecule has 0 amide bonds. The van der Waals surface area contributed by atoms with Crippen molar-refractivity contribution in [1.29, 1.82) is 0 Å². The summed E-state index contributed by atoms with van der Waals surface area (Å²) in [4.78, 5) is 10.0. The van der Waals surface area contributed by atoms with Gasteiger partial charge in [-0.3, -0.25) is 0 Å². The molecule has 10 heavy (non-hydrogen) atoms. The molecule has 5 heteroatoms. The van der Waals surface area contributed by atoms with Crippen LogP contribution in [0.3, 0.4) is 0 Å². The van der Waals surface area contributed by atoms with Crippen LogP contribution >= 0.6 is 12.4 Å². The first-order valence-corrected chi connectivity index (χ1v) is 2.73. The van der Waals surface area contributed by atoms with Gasteiger partial charge in [-0.1, -0.05) is 0 Å². The minimum Gasteiger partial charge on any atom is -0.479 e. The number of rotatable bonds is 4. The molecule has 0 rings (SSSR count). The van der Waals surface area contributed by atoms with E-state index >= 15 is 0 Å². The van der Waals surface area contributed by atoms with Crippen LogP contribution in [0.1, 0.15) is 6.92 Å². The second kappa shape index (κ2) is 6.80. The van der Waals surface area contributed by atoms with Crippen LogP contribution in [-0.2, 0) is 9.53 Å². The van der Waals surface area contributed by atoms with Gasteiger partial charge in [-0.25, -0.2) is 4.79 Å². The summed E-state index contributed by atoms with van der Waals surface area (Å²) in [7, 11) is 0. The Labute approximate surface area is 65.8 Å². The minimum atomic E-state index is -0.955. The highest BCUT2D eigenvalue weighted by Gasteiger charge is 2.08. The average Bonchev–Trinajstić information content (AvgIpc) is 1.82. The molecule has 0 aromatic rings. The van der Waals surface area contributed by atoms with Gasteiger partial charge in [0.15, 0.2) is 6.10 Å². The van der Waals surface area contributed by atoms with Gasteiger partial charge in [-0.15, -0.1) is 12.4 Å². The summed E-state index contributed by atoms with van der Waals surface area (Å²) in [6.45, 7) is 2.13. The molecule has 4 nitrogen and oxygen atoms in total. The van der Waals surface area contributed by atoms with Crippen molar-refractivity contribution in [3.05, 3.63) is 0 Å². The number of carboxylic acid groups (broad SMARTS) is 1. The normalized spacial score (nSPS) is 11.8. The first kappa shape index (κ1) is 12.4. The van der Waals surface area contributed by atoms with E-state index in [0.717, 1.165) is 0 Å². The summed E-state index contributed by atoms with van der Waals surface area (Å²) < 4.78 is 4.73. The highest BCUT2D eigenvalue weighted by molar-refractivity contribution is 5.85. The Morgan fingerprint density at radius 1 is 1.80 bits per heavy atom. The SMILES string of the molecule is CC(OCCN)C(=O)O.Cl. The smallest absolute Gasteiger partial charge is 0.332 e. The molecule has 1 unspecified atom stereocenters. The van der Waals surface area contributed by atoms with Crippen LogP contribution in [-0.4, -0.2) is 30.3 Å². The summed E-state index contributed by atoms with van der Waals surface area (Å²) in [5.74, 6) is -0.955. The van der Waals surface area contributed by atoms with Gasteiger partial charge in [-0.2, -0.15) is 0 Å². The second-order valence-corrected chi connectivity index (χ2v) is 1.64. The van der Waals surface area contributed by atoms with Gasteiger partial charge >= 0.3 is 5.97 Å². The van der Waals surface area contributed by atoms with Crippen molar-refractivity contribution >= 4 is 18.4 Å². The van der Waals surface area contributed by atoms with E-state index in [0.29, 0.717) is 13.2 Å². The average molecular weight is 170 g/mol. The van der Waals surface area contributed by atoms with Crippen molar-refractivity contribution in [2.45, 2.75) is 13.0 Å². The zero-order valence-electron chi connectivity index (χ0n) is 5.74. The van der Waals surface area contributed by atoms with Crippen LogP contribution in [0.2, 0.25) is 0 Å². The Balaban J connectivity index is 0. The fraction of sp³-hybridized carbons (Fsp3) is 0.800. The third-order valence-corrected chi connectivity index (χ3v) is 0.833. The molecule has 62 valence electrons. The molecule has 0 radical (unpaired) electrons. The molecule has 0 aromatic carbocycles. The van der Waals surface area contributed by atoms with E-state index in [1.807, 2.05) is 0 Å². The maximum Gasteiger partial charge on any atom is 0.332 e. The van der Waals surface area contributed by atoms with Gasteiger partial charge < -0.3 is 15.6 Å². The maximum atomic E-state index is 10.0. The van der Waals surface area contributed by atoms with Gasteiger partial charge in [0.05, 0.1) is 6.61 Å². The summed E-state index contributed by atoms with van der Waals surface area (Å²) in [5, 5.41) is 8.24. The van der Waals surface area contributed by atoms with Crippen molar-refractivity contribution in [2.75, 3.05) is 13.2 Å². The Bertz CT molecular complexity index is 98.9. The van der Waals surface area contributed by atoms with Crippen LogP contribution in [0.5, 0.6) is 0 Å². The number of carboxylic acids is 1. The first-order chi connectivity index (χ1) is 4.18. The van der Waals surface area contributed by atoms with Gasteiger partial charge in [-0.05, 0) is 6.92 Å². The van der Waals surface area contributed by atoms with Crippen LogP contribution in [0.4, 0.5) is 0 Å². The van der Waals surface area contributed by atoms with Gasteiger partial charge in [0, 0.05) is 6.54 Å². The number of carbonyl (C=O) groups is 1. The minimum absolute atomic E-state index is 0. The number of hydrogen-bond donors (Lipinski definition) is 2. The number of halogens is 1. The Kier molecular flexibility index (Phi) is 8.40. The van der Waals surface area contributed by atoms with Crippen molar-refractivity contribution in [3.8, 4) is 0 Å². The highest BCUT2D eigenvalue weighted by Crippen LogP contribution is 1.87. The molecule has 0 aliphatic heterocycles. The number of aliphatic carboxylic acids is 1. The van der Waals surface area contributed by atoms with Crippen LogP contribution < -0.4 is 5.73 Å². The maximum absolute atomic E-state index is 10.0. The quantitative estimate of drug-likeness (QED) is 0.614. The third kappa shape index (κ3) is 5.81. The molecule has 0 aliphatic rings. The fourth-order valence-corrected chi connectivity index (χ4v) is 0.316. The standard InChI is InChI=1S/C5H11NO3.ClH/c1-4(5(7)8)9-3-2-6;/h4H,2-3,6H2,1H3,(H,7,8);1H. The van der Waals surface area contributed by atoms with Gasteiger partial charge in [0.2, 0.25) is 0 Å². The fourth-order valence-electron chi connectivity index (χ4n) is 0.316. The van der Waals surface area contributed by atoms with Crippen molar-refractivity contribution in [3.63, 3.8) is 0 Å². The molecular formula is C5H12ClNO3. The van der Waals surface area contributed by atoms with Crippen LogP contribution in [0.15, 0.2) is 0 Å². The summed E-state index contributed by atoms with van der Waals surface area (Å²) in [6.07, 6.45) is -0.742. The number of nitrogens with two attached hydrogens (primary N) is 1. The molecule has 1 atom stereocenters. The van der Waals surface area contributed by atoms with Crippen molar-refractivity contribution < 1.29 is 14.6 Å². The van der Waals surface area contributed by atoms with E-state index < -0.39 is 12.1 Å². The van der Waals surface area contributed by atoms with E-state index in [2.05, 4.69) is 0 Å². The Morgan fingerprint density at radius 3 is 2.60 bits per heavy atom. The molecule has 0 saturated heterocycles. The van der Waals surface area contributed by atoms with E-state index in [4.69, 9.17) is 15.6 Å². The first-order valence-electron chi connectivity index (χ1n) is 2.73. The summed E-state index contributed by atoms with van der Waals surface area (Å²) >= 11 is 0. The molecule has 0 bridgehead atoms. The van der Waals surface area contributed by atoms with E-state index in [1.54, 1.807) is 0 Å². The largest absolute Gasteiger partial charge is 0.479 e. The van der Waals surface area contributed by atoms with E-state index in [9.17, 15) is 4.79 Å². The number of ether oxygens (including phenoxy) is 1. The lowest BCUT2D eigenvalue weighted by Crippen LogP contribution is -2.23. The van der Waals surface area contributed by atoms with Crippen LogP contribution in [0, 0.1) is 0 Å². The predicted octanol–water partition coefficient (Wildman–Crippen LogP) is -0.143. The summed E-state index contributed by atoms with van der Waals surface area (Å²) in [6, 6.07) is 0. The lowest BCUT2D eigenvalue weighted by Gasteiger charge is -2.05. The van der Waals surface area contributed by atoms with Crippen LogP contribution in [0.25, 0.3) is 0 Å². The molecule has 0 fully saturated rings. The molecule has 0 aliphatic carbocycles. The predicted molar refractivity (Wildman–Crippen MR) is 39.4 cm³/mol. The van der Waals surface area contributed by atoms with Crippen molar-refractivity contribution in [2.24, 2.45) is 5.73 Å². The van der Waals surface area contributed by atoms with Gasteiger partial charge in [0.25, 0.3) is 0 Å². The zero-order valence-corrected chi connectivity index (χ0v) is 6.56. The van der Waals surface area contributed by atoms with Crippen molar-refractivity contribution in [1.82, 2.24) is 0 Å². The lowest BCUT2D eigenvalue weighted by molar-refractivity contribution is -0.148. The molecule has 0 spiro atoms. The molecular weight excluding hydrogens is 158 g/mol. The number of hydrogen-bond acceptors (Lipinski definition) is 3. The van der Waals surface area contributed by atoms with E-state index in [1.165, 1.54) is 6.92 Å². The van der Waals surface area contributed by atoms with Gasteiger partial charge in [0.1, 0.15) is 0 Å². The second-order valence-electron chi connectivity index (χ2n) is 1.64.